The lowest BCUT2D eigenvalue weighted by Gasteiger charge is -2.08. The van der Waals surface area contributed by atoms with Crippen LogP contribution in [0.15, 0.2) is 42.7 Å². The van der Waals surface area contributed by atoms with Gasteiger partial charge in [-0.2, -0.15) is 0 Å². The van der Waals surface area contributed by atoms with Gasteiger partial charge in [0.05, 0.1) is 17.6 Å². The summed E-state index contributed by atoms with van der Waals surface area (Å²) >= 11 is 5.81. The van der Waals surface area contributed by atoms with E-state index in [4.69, 9.17) is 17.3 Å². The molecule has 0 atom stereocenters. The monoisotopic (exact) mass is 233 g/mol. The fourth-order valence-corrected chi connectivity index (χ4v) is 1.49. The highest BCUT2D eigenvalue weighted by molar-refractivity contribution is 6.30. The molecule has 0 bridgehead atoms. The minimum Gasteiger partial charge on any atom is -0.396 e. The van der Waals surface area contributed by atoms with Crippen LogP contribution in [0.1, 0.15) is 5.56 Å². The van der Waals surface area contributed by atoms with Crippen molar-refractivity contribution < 1.29 is 0 Å². The number of nitrogen functional groups attached to an aromatic ring is 1. The van der Waals surface area contributed by atoms with Crippen molar-refractivity contribution in [3.05, 3.63) is 53.3 Å². The van der Waals surface area contributed by atoms with E-state index in [0.29, 0.717) is 12.2 Å². The number of aromatic nitrogens is 1. The first-order chi connectivity index (χ1) is 7.75. The van der Waals surface area contributed by atoms with Crippen molar-refractivity contribution in [2.75, 3.05) is 11.1 Å². The van der Waals surface area contributed by atoms with Crippen LogP contribution in [0.5, 0.6) is 0 Å². The number of hydrogen-bond donors (Lipinski definition) is 2. The largest absolute Gasteiger partial charge is 0.396 e. The molecule has 0 spiro atoms. The molecular weight excluding hydrogens is 222 g/mol. The van der Waals surface area contributed by atoms with Crippen LogP contribution >= 0.6 is 11.6 Å². The number of hydrogen-bond acceptors (Lipinski definition) is 3. The van der Waals surface area contributed by atoms with E-state index in [1.54, 1.807) is 12.4 Å². The van der Waals surface area contributed by atoms with Crippen molar-refractivity contribution in [2.45, 2.75) is 6.54 Å². The minimum atomic E-state index is 0.650. The first-order valence-corrected chi connectivity index (χ1v) is 5.31. The summed E-state index contributed by atoms with van der Waals surface area (Å²) in [6, 6.07) is 9.55. The van der Waals surface area contributed by atoms with Gasteiger partial charge in [0.2, 0.25) is 0 Å². The quantitative estimate of drug-likeness (QED) is 0.857. The topological polar surface area (TPSA) is 50.9 Å². The third-order valence-corrected chi connectivity index (χ3v) is 2.50. The van der Waals surface area contributed by atoms with Crippen molar-refractivity contribution in [1.29, 1.82) is 0 Å². The molecule has 0 saturated carbocycles. The second-order valence-electron chi connectivity index (χ2n) is 3.44. The molecule has 0 saturated heterocycles. The Bertz CT molecular complexity index is 468. The molecule has 0 aliphatic rings. The standard InChI is InChI=1S/C12H12ClN3/c13-10-3-1-9(2-4-10)7-16-12-5-6-15-8-11(12)14/h1-6,8H,7,14H2,(H,15,16). The number of anilines is 2. The van der Waals surface area contributed by atoms with E-state index in [1.807, 2.05) is 30.3 Å². The van der Waals surface area contributed by atoms with E-state index in [-0.39, 0.29) is 0 Å². The number of benzene rings is 1. The van der Waals surface area contributed by atoms with Crippen LogP contribution in [0.2, 0.25) is 5.02 Å². The zero-order valence-electron chi connectivity index (χ0n) is 8.65. The molecule has 0 aliphatic heterocycles. The summed E-state index contributed by atoms with van der Waals surface area (Å²) in [7, 11) is 0. The van der Waals surface area contributed by atoms with E-state index in [1.165, 1.54) is 0 Å². The Hall–Kier alpha value is -1.74. The fourth-order valence-electron chi connectivity index (χ4n) is 1.37. The van der Waals surface area contributed by atoms with Gasteiger partial charge < -0.3 is 11.1 Å². The van der Waals surface area contributed by atoms with Crippen LogP contribution in [0, 0.1) is 0 Å². The third-order valence-electron chi connectivity index (χ3n) is 2.25. The second-order valence-corrected chi connectivity index (χ2v) is 3.88. The van der Waals surface area contributed by atoms with E-state index in [0.717, 1.165) is 16.3 Å². The number of nitrogens with zero attached hydrogens (tertiary/aromatic N) is 1. The van der Waals surface area contributed by atoms with Crippen LogP contribution < -0.4 is 11.1 Å². The smallest absolute Gasteiger partial charge is 0.0736 e. The Morgan fingerprint density at radius 1 is 1.19 bits per heavy atom. The average molecular weight is 234 g/mol. The van der Waals surface area contributed by atoms with Crippen LogP contribution in [-0.4, -0.2) is 4.98 Å². The highest BCUT2D eigenvalue weighted by atomic mass is 35.5. The third kappa shape index (κ3) is 2.64. The van der Waals surface area contributed by atoms with Crippen LogP contribution in [-0.2, 0) is 6.54 Å². The van der Waals surface area contributed by atoms with Gasteiger partial charge in [0, 0.05) is 17.8 Å². The molecule has 0 unspecified atom stereocenters. The van der Waals surface area contributed by atoms with Gasteiger partial charge >= 0.3 is 0 Å². The predicted octanol–water partition coefficient (Wildman–Crippen LogP) is 2.93. The van der Waals surface area contributed by atoms with Crippen molar-refractivity contribution >= 4 is 23.0 Å². The van der Waals surface area contributed by atoms with Gasteiger partial charge in [0.1, 0.15) is 0 Å². The summed E-state index contributed by atoms with van der Waals surface area (Å²) in [5.74, 6) is 0. The highest BCUT2D eigenvalue weighted by Gasteiger charge is 1.97. The molecule has 2 rings (SSSR count). The summed E-state index contributed by atoms with van der Waals surface area (Å²) in [4.78, 5) is 3.93. The molecule has 1 aromatic heterocycles. The molecule has 0 radical (unpaired) electrons. The van der Waals surface area contributed by atoms with Crippen molar-refractivity contribution in [2.24, 2.45) is 0 Å². The molecule has 4 heteroatoms. The molecule has 0 amide bonds. The Balaban J connectivity index is 2.02. The zero-order valence-corrected chi connectivity index (χ0v) is 9.41. The molecule has 3 nitrogen and oxygen atoms in total. The van der Waals surface area contributed by atoms with Crippen molar-refractivity contribution in [3.63, 3.8) is 0 Å². The molecule has 3 N–H and O–H groups in total. The van der Waals surface area contributed by atoms with Crippen LogP contribution in [0.25, 0.3) is 0 Å². The minimum absolute atomic E-state index is 0.650. The lowest BCUT2D eigenvalue weighted by atomic mass is 10.2. The molecule has 1 aromatic carbocycles. The van der Waals surface area contributed by atoms with Gasteiger partial charge in [-0.25, -0.2) is 0 Å². The Morgan fingerprint density at radius 2 is 1.94 bits per heavy atom. The molecule has 1 heterocycles. The highest BCUT2D eigenvalue weighted by Crippen LogP contribution is 2.17. The van der Waals surface area contributed by atoms with E-state index < -0.39 is 0 Å². The fraction of sp³-hybridized carbons (Fsp3) is 0.0833. The van der Waals surface area contributed by atoms with Crippen molar-refractivity contribution in [1.82, 2.24) is 4.98 Å². The van der Waals surface area contributed by atoms with E-state index in [9.17, 15) is 0 Å². The van der Waals surface area contributed by atoms with Crippen molar-refractivity contribution in [3.8, 4) is 0 Å². The predicted molar refractivity (Wildman–Crippen MR) is 67.4 cm³/mol. The van der Waals surface area contributed by atoms with Crippen LogP contribution in [0.4, 0.5) is 11.4 Å². The summed E-state index contributed by atoms with van der Waals surface area (Å²) in [5, 5.41) is 3.98. The lowest BCUT2D eigenvalue weighted by Crippen LogP contribution is -2.02. The lowest BCUT2D eigenvalue weighted by molar-refractivity contribution is 1.14. The summed E-state index contributed by atoms with van der Waals surface area (Å²) in [5.41, 5.74) is 8.46. The van der Waals surface area contributed by atoms with Gasteiger partial charge in [-0.05, 0) is 23.8 Å². The first-order valence-electron chi connectivity index (χ1n) is 4.93. The number of pyridine rings is 1. The van der Waals surface area contributed by atoms with Gasteiger partial charge in [-0.1, -0.05) is 23.7 Å². The summed E-state index contributed by atoms with van der Waals surface area (Å²) < 4.78 is 0. The Morgan fingerprint density at radius 3 is 2.62 bits per heavy atom. The molecule has 82 valence electrons. The molecule has 16 heavy (non-hydrogen) atoms. The maximum atomic E-state index is 5.81. The Kier molecular flexibility index (Phi) is 3.27. The zero-order chi connectivity index (χ0) is 11.4. The molecule has 2 aromatic rings. The normalized spacial score (nSPS) is 10.1. The van der Waals surface area contributed by atoms with E-state index >= 15 is 0 Å². The van der Waals surface area contributed by atoms with Crippen LogP contribution in [0.3, 0.4) is 0 Å². The molecular formula is C12H12ClN3. The van der Waals surface area contributed by atoms with E-state index in [2.05, 4.69) is 10.3 Å². The maximum absolute atomic E-state index is 5.81. The number of halogens is 1. The first kappa shape index (κ1) is 10.8. The van der Waals surface area contributed by atoms with Gasteiger partial charge in [-0.15, -0.1) is 0 Å². The van der Waals surface area contributed by atoms with Gasteiger partial charge in [-0.3, -0.25) is 4.98 Å². The Labute approximate surface area is 99.3 Å². The average Bonchev–Trinajstić information content (AvgIpc) is 2.30. The number of rotatable bonds is 3. The SMILES string of the molecule is Nc1cnccc1NCc1ccc(Cl)cc1. The summed E-state index contributed by atoms with van der Waals surface area (Å²) in [6.07, 6.45) is 3.34. The molecule has 0 fully saturated rings. The van der Waals surface area contributed by atoms with Gasteiger partial charge in [0.15, 0.2) is 0 Å². The summed E-state index contributed by atoms with van der Waals surface area (Å²) in [6.45, 7) is 0.714. The maximum Gasteiger partial charge on any atom is 0.0736 e. The number of nitrogens with one attached hydrogen (secondary N) is 1. The van der Waals surface area contributed by atoms with Gasteiger partial charge in [0.25, 0.3) is 0 Å². The molecule has 0 aliphatic carbocycles. The second kappa shape index (κ2) is 4.86. The number of nitrogens with two attached hydrogens (primary N) is 1.